The number of nitrogens with two attached hydrogens (primary N) is 1. The summed E-state index contributed by atoms with van der Waals surface area (Å²) in [5.41, 5.74) is 5.97. The molecule has 0 bridgehead atoms. The molecule has 1 heterocycles. The van der Waals surface area contributed by atoms with Crippen LogP contribution < -0.4 is 16.7 Å². The molecular formula is C11H10BrN5OS. The summed E-state index contributed by atoms with van der Waals surface area (Å²) in [5, 5.41) is 6.16. The number of nitrogens with zero attached hydrogens (tertiary/aromatic N) is 2. The lowest BCUT2D eigenvalue weighted by atomic mass is 10.2. The number of benzene rings is 1. The quantitative estimate of drug-likeness (QED) is 0.343. The van der Waals surface area contributed by atoms with E-state index in [1.54, 1.807) is 11.6 Å². The smallest absolute Gasteiger partial charge is 0.284 e. The first-order chi connectivity index (χ1) is 9.19. The van der Waals surface area contributed by atoms with E-state index in [2.05, 4.69) is 31.4 Å². The van der Waals surface area contributed by atoms with Gasteiger partial charge in [-0.1, -0.05) is 28.1 Å². The van der Waals surface area contributed by atoms with Crippen molar-refractivity contribution in [2.45, 2.75) is 0 Å². The largest absolute Gasteiger partial charge is 0.289 e. The highest BCUT2D eigenvalue weighted by Crippen LogP contribution is 2.15. The first-order valence-electron chi connectivity index (χ1n) is 5.20. The van der Waals surface area contributed by atoms with Gasteiger partial charge in [-0.25, -0.2) is 10.8 Å². The summed E-state index contributed by atoms with van der Waals surface area (Å²) in [4.78, 5) is 15.2. The highest BCUT2D eigenvalue weighted by Gasteiger charge is 2.07. The van der Waals surface area contributed by atoms with Crippen LogP contribution in [0, 0.1) is 0 Å². The van der Waals surface area contributed by atoms with Gasteiger partial charge in [0.1, 0.15) is 5.69 Å². The molecular weight excluding hydrogens is 330 g/mol. The number of hydrazone groups is 1. The second kappa shape index (κ2) is 6.41. The lowest BCUT2D eigenvalue weighted by Gasteiger charge is -1.95. The van der Waals surface area contributed by atoms with Gasteiger partial charge in [0.25, 0.3) is 5.91 Å². The van der Waals surface area contributed by atoms with Crippen molar-refractivity contribution in [3.05, 3.63) is 45.4 Å². The van der Waals surface area contributed by atoms with Crippen molar-refractivity contribution in [1.82, 2.24) is 10.4 Å². The number of hydrogen-bond donors (Lipinski definition) is 3. The van der Waals surface area contributed by atoms with Crippen molar-refractivity contribution < 1.29 is 4.79 Å². The predicted octanol–water partition coefficient (Wildman–Crippen LogP) is 1.96. The molecule has 0 saturated heterocycles. The van der Waals surface area contributed by atoms with E-state index in [1.807, 2.05) is 29.7 Å². The van der Waals surface area contributed by atoms with Crippen LogP contribution in [0.2, 0.25) is 0 Å². The first kappa shape index (κ1) is 13.7. The van der Waals surface area contributed by atoms with Gasteiger partial charge in [-0.2, -0.15) is 5.10 Å². The number of thiazole rings is 1. The third kappa shape index (κ3) is 3.85. The second-order valence-corrected chi connectivity index (χ2v) is 5.21. The Morgan fingerprint density at radius 3 is 3.11 bits per heavy atom. The molecule has 98 valence electrons. The van der Waals surface area contributed by atoms with Crippen LogP contribution >= 0.6 is 27.3 Å². The monoisotopic (exact) mass is 339 g/mol. The number of amides is 1. The molecule has 4 N–H and O–H groups in total. The van der Waals surface area contributed by atoms with Crippen molar-refractivity contribution >= 4 is 44.5 Å². The fraction of sp³-hybridized carbons (Fsp3) is 0. The zero-order valence-corrected chi connectivity index (χ0v) is 12.0. The number of carbonyl (C=O) groups is 1. The fourth-order valence-corrected chi connectivity index (χ4v) is 2.31. The van der Waals surface area contributed by atoms with E-state index in [9.17, 15) is 4.79 Å². The summed E-state index contributed by atoms with van der Waals surface area (Å²) in [5.74, 6) is 4.58. The fourth-order valence-electron chi connectivity index (χ4n) is 1.25. The Hall–Kier alpha value is -1.77. The summed E-state index contributed by atoms with van der Waals surface area (Å²) in [7, 11) is 0. The van der Waals surface area contributed by atoms with Crippen LogP contribution in [0.15, 0.2) is 39.2 Å². The lowest BCUT2D eigenvalue weighted by molar-refractivity contribution is 0.0949. The van der Waals surface area contributed by atoms with Crippen LogP contribution in [0.4, 0.5) is 5.13 Å². The summed E-state index contributed by atoms with van der Waals surface area (Å²) in [6.45, 7) is 0. The molecule has 8 heteroatoms. The van der Waals surface area contributed by atoms with Gasteiger partial charge in [0.15, 0.2) is 0 Å². The van der Waals surface area contributed by atoms with Crippen molar-refractivity contribution in [2.75, 3.05) is 5.43 Å². The maximum atomic E-state index is 11.2. The molecule has 6 nitrogen and oxygen atoms in total. The zero-order chi connectivity index (χ0) is 13.7. The topological polar surface area (TPSA) is 92.4 Å². The van der Waals surface area contributed by atoms with Gasteiger partial charge in [-0.05, 0) is 17.7 Å². The van der Waals surface area contributed by atoms with Gasteiger partial charge < -0.3 is 0 Å². The number of hydrazine groups is 1. The Morgan fingerprint density at radius 2 is 2.37 bits per heavy atom. The van der Waals surface area contributed by atoms with Gasteiger partial charge in [0.05, 0.1) is 6.21 Å². The molecule has 19 heavy (non-hydrogen) atoms. The third-order valence-electron chi connectivity index (χ3n) is 2.09. The molecule has 0 saturated carbocycles. The summed E-state index contributed by atoms with van der Waals surface area (Å²) in [6.07, 6.45) is 1.66. The minimum absolute atomic E-state index is 0.257. The predicted molar refractivity (Wildman–Crippen MR) is 79.1 cm³/mol. The number of carbonyl (C=O) groups excluding carboxylic acids is 1. The Kier molecular flexibility index (Phi) is 4.61. The minimum atomic E-state index is -0.430. The number of nitrogen functional groups attached to an aromatic ring is 1. The highest BCUT2D eigenvalue weighted by molar-refractivity contribution is 9.10. The Morgan fingerprint density at radius 1 is 1.53 bits per heavy atom. The minimum Gasteiger partial charge on any atom is -0.289 e. The highest BCUT2D eigenvalue weighted by atomic mass is 79.9. The third-order valence-corrected chi connectivity index (χ3v) is 3.33. The SMILES string of the molecule is NNC(=O)c1csc(N/N=C/c2cccc(Br)c2)n1. The van der Waals surface area contributed by atoms with E-state index in [0.29, 0.717) is 5.13 Å². The Labute approximate surface area is 121 Å². The van der Waals surface area contributed by atoms with Gasteiger partial charge in [0, 0.05) is 9.85 Å². The van der Waals surface area contributed by atoms with Crippen molar-refractivity contribution in [3.63, 3.8) is 0 Å². The zero-order valence-electron chi connectivity index (χ0n) is 9.63. The normalized spacial score (nSPS) is 10.6. The molecule has 0 radical (unpaired) electrons. The maximum Gasteiger partial charge on any atom is 0.284 e. The molecule has 0 spiro atoms. The number of rotatable bonds is 4. The number of anilines is 1. The second-order valence-electron chi connectivity index (χ2n) is 3.44. The average molecular weight is 340 g/mol. The van der Waals surface area contributed by atoms with E-state index >= 15 is 0 Å². The Balaban J connectivity index is 1.99. The van der Waals surface area contributed by atoms with Crippen LogP contribution in [0.5, 0.6) is 0 Å². The van der Waals surface area contributed by atoms with Crippen LogP contribution in [0.3, 0.4) is 0 Å². The van der Waals surface area contributed by atoms with Crippen molar-refractivity contribution in [2.24, 2.45) is 10.9 Å². The average Bonchev–Trinajstić information content (AvgIpc) is 2.87. The summed E-state index contributed by atoms with van der Waals surface area (Å²) < 4.78 is 0.979. The lowest BCUT2D eigenvalue weighted by Crippen LogP contribution is -2.30. The summed E-state index contributed by atoms with van der Waals surface area (Å²) in [6, 6.07) is 7.70. The number of nitrogens with one attached hydrogen (secondary N) is 2. The van der Waals surface area contributed by atoms with E-state index in [1.165, 1.54) is 11.3 Å². The molecule has 0 atom stereocenters. The summed E-state index contributed by atoms with van der Waals surface area (Å²) >= 11 is 4.65. The van der Waals surface area contributed by atoms with Gasteiger partial charge in [-0.3, -0.25) is 15.6 Å². The van der Waals surface area contributed by atoms with Crippen molar-refractivity contribution in [1.29, 1.82) is 0 Å². The molecule has 0 unspecified atom stereocenters. The van der Waals surface area contributed by atoms with E-state index in [4.69, 9.17) is 5.84 Å². The number of hydrogen-bond acceptors (Lipinski definition) is 6. The molecule has 1 amide bonds. The number of halogens is 1. The molecule has 2 rings (SSSR count). The standard InChI is InChI=1S/C11H10BrN5OS/c12-8-3-1-2-7(4-8)5-14-17-11-15-9(6-19-11)10(18)16-13/h1-6H,13H2,(H,15,17)(H,16,18)/b14-5+. The van der Waals surface area contributed by atoms with E-state index < -0.39 is 5.91 Å². The number of aromatic nitrogens is 1. The van der Waals surface area contributed by atoms with Crippen LogP contribution in [-0.2, 0) is 0 Å². The van der Waals surface area contributed by atoms with Crippen molar-refractivity contribution in [3.8, 4) is 0 Å². The maximum absolute atomic E-state index is 11.2. The molecule has 1 aromatic heterocycles. The van der Waals surface area contributed by atoms with Gasteiger partial charge in [-0.15, -0.1) is 11.3 Å². The molecule has 0 aliphatic carbocycles. The van der Waals surface area contributed by atoms with Crippen LogP contribution in [0.25, 0.3) is 0 Å². The first-order valence-corrected chi connectivity index (χ1v) is 6.87. The molecule has 0 aliphatic rings. The molecule has 2 aromatic rings. The van der Waals surface area contributed by atoms with Gasteiger partial charge >= 0.3 is 0 Å². The van der Waals surface area contributed by atoms with E-state index in [-0.39, 0.29) is 5.69 Å². The Bertz CT molecular complexity index is 613. The van der Waals surface area contributed by atoms with E-state index in [0.717, 1.165) is 10.0 Å². The van der Waals surface area contributed by atoms with Crippen LogP contribution in [-0.4, -0.2) is 17.1 Å². The van der Waals surface area contributed by atoms with Gasteiger partial charge in [0.2, 0.25) is 5.13 Å². The van der Waals surface area contributed by atoms with Crippen LogP contribution in [0.1, 0.15) is 16.1 Å². The molecule has 0 fully saturated rings. The molecule has 0 aliphatic heterocycles. The molecule has 1 aromatic carbocycles.